The molecule has 0 amide bonds. The summed E-state index contributed by atoms with van der Waals surface area (Å²) in [5.41, 5.74) is 1.01. The molecule has 1 aliphatic rings. The second-order valence-corrected chi connectivity index (χ2v) is 5.41. The van der Waals surface area contributed by atoms with E-state index in [2.05, 4.69) is 17.1 Å². The summed E-state index contributed by atoms with van der Waals surface area (Å²) in [6.07, 6.45) is 4.12. The van der Waals surface area contributed by atoms with Crippen LogP contribution in [0.5, 0.6) is 5.75 Å². The second kappa shape index (κ2) is 9.62. The maximum atomic E-state index is 11.9. The Hall–Kier alpha value is -1.36. The van der Waals surface area contributed by atoms with Crippen LogP contribution in [-0.4, -0.2) is 50.0 Å². The number of ketones is 1. The van der Waals surface area contributed by atoms with Gasteiger partial charge in [-0.25, -0.2) is 0 Å². The number of allylic oxidation sites excluding steroid dienone is 1. The lowest BCUT2D eigenvalue weighted by Gasteiger charge is -2.33. The van der Waals surface area contributed by atoms with Crippen molar-refractivity contribution in [2.45, 2.75) is 19.4 Å². The van der Waals surface area contributed by atoms with Crippen LogP contribution < -0.4 is 10.1 Å². The van der Waals surface area contributed by atoms with Crippen molar-refractivity contribution >= 4 is 24.3 Å². The Morgan fingerprint density at radius 1 is 1.41 bits per heavy atom. The molecule has 1 N–H and O–H groups in total. The molecule has 1 heterocycles. The van der Waals surface area contributed by atoms with E-state index in [-0.39, 0.29) is 18.2 Å². The molecule has 0 bridgehead atoms. The molecule has 0 aromatic heterocycles. The largest absolute Gasteiger partial charge is 0.497 e. The van der Waals surface area contributed by atoms with E-state index in [1.807, 2.05) is 30.3 Å². The summed E-state index contributed by atoms with van der Waals surface area (Å²) in [7, 11) is 1.64. The van der Waals surface area contributed by atoms with Gasteiger partial charge >= 0.3 is 0 Å². The van der Waals surface area contributed by atoms with Crippen LogP contribution in [0.25, 0.3) is 6.08 Å². The standard InChI is InChI=1S/C17H24N2O2.ClH/c1-14-13-18-10-12-19(14)11-9-16(20)6-3-15-4-7-17(21-2)8-5-15;/h3-8,14,18H,9-13H2,1-2H3;1H. The zero-order chi connectivity index (χ0) is 15.1. The summed E-state index contributed by atoms with van der Waals surface area (Å²) in [6, 6.07) is 8.19. The topological polar surface area (TPSA) is 41.6 Å². The van der Waals surface area contributed by atoms with E-state index in [0.717, 1.165) is 37.5 Å². The van der Waals surface area contributed by atoms with Crippen LogP contribution in [0.2, 0.25) is 0 Å². The second-order valence-electron chi connectivity index (χ2n) is 5.41. The van der Waals surface area contributed by atoms with Gasteiger partial charge in [-0.3, -0.25) is 9.69 Å². The summed E-state index contributed by atoms with van der Waals surface area (Å²) < 4.78 is 5.11. The highest BCUT2D eigenvalue weighted by Gasteiger charge is 2.17. The van der Waals surface area contributed by atoms with Crippen LogP contribution in [0, 0.1) is 0 Å². The number of methoxy groups -OCH3 is 1. The molecule has 1 aromatic carbocycles. The predicted molar refractivity (Wildman–Crippen MR) is 92.8 cm³/mol. The van der Waals surface area contributed by atoms with Crippen molar-refractivity contribution in [1.29, 1.82) is 0 Å². The third kappa shape index (κ3) is 5.79. The molecule has 1 aliphatic heterocycles. The molecule has 1 saturated heterocycles. The number of piperazine rings is 1. The van der Waals surface area contributed by atoms with Crippen molar-refractivity contribution in [3.05, 3.63) is 35.9 Å². The van der Waals surface area contributed by atoms with Gasteiger partial charge in [0.2, 0.25) is 0 Å². The van der Waals surface area contributed by atoms with Gasteiger partial charge in [0.15, 0.2) is 5.78 Å². The van der Waals surface area contributed by atoms with Gasteiger partial charge in [0, 0.05) is 38.6 Å². The number of nitrogens with one attached hydrogen (secondary N) is 1. The molecule has 2 rings (SSSR count). The minimum absolute atomic E-state index is 0. The normalized spacial score (nSPS) is 18.9. The van der Waals surface area contributed by atoms with E-state index < -0.39 is 0 Å². The van der Waals surface area contributed by atoms with Crippen molar-refractivity contribution in [2.75, 3.05) is 33.3 Å². The third-order valence-electron chi connectivity index (χ3n) is 3.86. The molecule has 0 saturated carbocycles. The number of hydrogen-bond acceptors (Lipinski definition) is 4. The van der Waals surface area contributed by atoms with Crippen molar-refractivity contribution in [2.24, 2.45) is 0 Å². The lowest BCUT2D eigenvalue weighted by Crippen LogP contribution is -2.50. The van der Waals surface area contributed by atoms with E-state index in [1.165, 1.54) is 0 Å². The maximum Gasteiger partial charge on any atom is 0.156 e. The molecule has 1 atom stereocenters. The van der Waals surface area contributed by atoms with Gasteiger partial charge in [-0.1, -0.05) is 18.2 Å². The van der Waals surface area contributed by atoms with Crippen molar-refractivity contribution < 1.29 is 9.53 Å². The molecule has 1 fully saturated rings. The SMILES string of the molecule is COc1ccc(C=CC(=O)CCN2CCNCC2C)cc1.Cl. The lowest BCUT2D eigenvalue weighted by molar-refractivity contribution is -0.115. The van der Waals surface area contributed by atoms with Gasteiger partial charge in [-0.15, -0.1) is 12.4 Å². The van der Waals surface area contributed by atoms with Crippen LogP contribution in [0.3, 0.4) is 0 Å². The van der Waals surface area contributed by atoms with E-state index in [9.17, 15) is 4.79 Å². The molecule has 4 nitrogen and oxygen atoms in total. The van der Waals surface area contributed by atoms with Crippen LogP contribution in [0.4, 0.5) is 0 Å². The molecule has 0 radical (unpaired) electrons. The number of carbonyl (C=O) groups excluding carboxylic acids is 1. The average Bonchev–Trinajstić information content (AvgIpc) is 2.52. The van der Waals surface area contributed by atoms with Crippen LogP contribution in [0.15, 0.2) is 30.3 Å². The van der Waals surface area contributed by atoms with Gasteiger partial charge in [0.05, 0.1) is 7.11 Å². The summed E-state index contributed by atoms with van der Waals surface area (Å²) >= 11 is 0. The third-order valence-corrected chi connectivity index (χ3v) is 3.86. The number of carbonyl (C=O) groups is 1. The molecule has 5 heteroatoms. The van der Waals surface area contributed by atoms with Gasteiger partial charge in [-0.05, 0) is 30.7 Å². The highest BCUT2D eigenvalue weighted by molar-refractivity contribution is 5.93. The Morgan fingerprint density at radius 3 is 2.77 bits per heavy atom. The Kier molecular flexibility index (Phi) is 8.17. The summed E-state index contributed by atoms with van der Waals surface area (Å²) in [5.74, 6) is 1.00. The van der Waals surface area contributed by atoms with Crippen LogP contribution >= 0.6 is 12.4 Å². The molecular weight excluding hydrogens is 300 g/mol. The fourth-order valence-electron chi connectivity index (χ4n) is 2.46. The molecule has 122 valence electrons. The number of benzene rings is 1. The Morgan fingerprint density at radius 2 is 2.14 bits per heavy atom. The molecule has 1 unspecified atom stereocenters. The van der Waals surface area contributed by atoms with Crippen molar-refractivity contribution in [3.63, 3.8) is 0 Å². The number of rotatable bonds is 6. The Balaban J connectivity index is 0.00000242. The predicted octanol–water partition coefficient (Wildman–Crippen LogP) is 2.38. The van der Waals surface area contributed by atoms with Gasteiger partial charge in [-0.2, -0.15) is 0 Å². The molecule has 1 aromatic rings. The van der Waals surface area contributed by atoms with E-state index >= 15 is 0 Å². The quantitative estimate of drug-likeness (QED) is 0.816. The van der Waals surface area contributed by atoms with E-state index in [0.29, 0.717) is 12.5 Å². The molecule has 0 aliphatic carbocycles. The summed E-state index contributed by atoms with van der Waals surface area (Å²) in [5, 5.41) is 3.36. The van der Waals surface area contributed by atoms with Gasteiger partial charge < -0.3 is 10.1 Å². The molecular formula is C17H25ClN2O2. The smallest absolute Gasteiger partial charge is 0.156 e. The molecule has 0 spiro atoms. The Labute approximate surface area is 138 Å². The number of hydrogen-bond donors (Lipinski definition) is 1. The van der Waals surface area contributed by atoms with Gasteiger partial charge in [0.1, 0.15) is 5.75 Å². The highest BCUT2D eigenvalue weighted by atomic mass is 35.5. The number of halogens is 1. The van der Waals surface area contributed by atoms with Gasteiger partial charge in [0.25, 0.3) is 0 Å². The lowest BCUT2D eigenvalue weighted by atomic mass is 10.1. The first-order valence-electron chi connectivity index (χ1n) is 7.49. The summed E-state index contributed by atoms with van der Waals surface area (Å²) in [6.45, 7) is 6.09. The average molecular weight is 325 g/mol. The van der Waals surface area contributed by atoms with Crippen LogP contribution in [0.1, 0.15) is 18.9 Å². The van der Waals surface area contributed by atoms with Crippen molar-refractivity contribution in [3.8, 4) is 5.75 Å². The first-order chi connectivity index (χ1) is 10.2. The summed E-state index contributed by atoms with van der Waals surface area (Å²) in [4.78, 5) is 14.3. The first kappa shape index (κ1) is 18.7. The van der Waals surface area contributed by atoms with Crippen LogP contribution in [-0.2, 0) is 4.79 Å². The Bertz CT molecular complexity index is 488. The fraction of sp³-hybridized carbons (Fsp3) is 0.471. The monoisotopic (exact) mass is 324 g/mol. The number of nitrogens with zero attached hydrogens (tertiary/aromatic N) is 1. The number of ether oxygens (including phenoxy) is 1. The van der Waals surface area contributed by atoms with E-state index in [1.54, 1.807) is 13.2 Å². The first-order valence-corrected chi connectivity index (χ1v) is 7.49. The zero-order valence-corrected chi connectivity index (χ0v) is 14.1. The molecule has 22 heavy (non-hydrogen) atoms. The van der Waals surface area contributed by atoms with E-state index in [4.69, 9.17) is 4.74 Å². The minimum Gasteiger partial charge on any atom is -0.497 e. The highest BCUT2D eigenvalue weighted by Crippen LogP contribution is 2.12. The fourth-order valence-corrected chi connectivity index (χ4v) is 2.46. The van der Waals surface area contributed by atoms with Crippen molar-refractivity contribution in [1.82, 2.24) is 10.2 Å². The minimum atomic E-state index is 0. The zero-order valence-electron chi connectivity index (χ0n) is 13.2. The maximum absolute atomic E-state index is 11.9.